The van der Waals surface area contributed by atoms with Crippen molar-refractivity contribution in [1.29, 1.82) is 0 Å². The molecule has 14 heavy (non-hydrogen) atoms. The van der Waals surface area contributed by atoms with Crippen molar-refractivity contribution >= 4 is 15.2 Å². The summed E-state index contributed by atoms with van der Waals surface area (Å²) in [5.41, 5.74) is 0. The lowest BCUT2D eigenvalue weighted by molar-refractivity contribution is 0.104. The Morgan fingerprint density at radius 2 is 1.36 bits per heavy atom. The van der Waals surface area contributed by atoms with Gasteiger partial charge in [0.05, 0.1) is 6.54 Å². The maximum absolute atomic E-state index is 10.8. The largest absolute Gasteiger partial charge is 0.370 e. The van der Waals surface area contributed by atoms with E-state index in [1.807, 2.05) is 0 Å². The fraction of sp³-hybridized carbons (Fsp3) is 1.00. The van der Waals surface area contributed by atoms with Crippen LogP contribution in [0.5, 0.6) is 0 Å². The number of rotatable bonds is 4. The van der Waals surface area contributed by atoms with Gasteiger partial charge < -0.3 is 29.6 Å². The zero-order chi connectivity index (χ0) is 11.8. The van der Waals surface area contributed by atoms with Gasteiger partial charge in [-0.15, -0.1) is 0 Å². The fourth-order valence-electron chi connectivity index (χ4n) is 0.778. The summed E-state index contributed by atoms with van der Waals surface area (Å²) < 4.78 is 21.5. The van der Waals surface area contributed by atoms with E-state index in [0.29, 0.717) is 0 Å². The molecule has 0 radical (unpaired) electrons. The van der Waals surface area contributed by atoms with Crippen LogP contribution in [0.15, 0.2) is 0 Å². The summed E-state index contributed by atoms with van der Waals surface area (Å²) in [4.78, 5) is 35.7. The Balaban J connectivity index is 5.30. The van der Waals surface area contributed by atoms with Crippen molar-refractivity contribution in [1.82, 2.24) is 4.90 Å². The topological polar surface area (TPSA) is 139 Å². The van der Waals surface area contributed by atoms with Gasteiger partial charge in [-0.2, -0.15) is 0 Å². The molecule has 0 rings (SSSR count). The van der Waals surface area contributed by atoms with Crippen LogP contribution in [0.4, 0.5) is 0 Å². The van der Waals surface area contributed by atoms with Crippen molar-refractivity contribution in [2.45, 2.75) is 5.08 Å². The Morgan fingerprint density at radius 1 is 1.07 bits per heavy atom. The lowest BCUT2D eigenvalue weighted by Crippen LogP contribution is -2.39. The summed E-state index contributed by atoms with van der Waals surface area (Å²) >= 11 is 0. The van der Waals surface area contributed by atoms with Crippen molar-refractivity contribution in [3.05, 3.63) is 0 Å². The molecular weight excluding hydrogens is 236 g/mol. The van der Waals surface area contributed by atoms with E-state index in [-0.39, 0.29) is 0 Å². The Hall–Kier alpha value is 0.220. The second-order valence-electron chi connectivity index (χ2n) is 3.10. The second-order valence-corrected chi connectivity index (χ2v) is 7.11. The summed E-state index contributed by atoms with van der Waals surface area (Å²) in [5, 5.41) is 5.94. The normalized spacial score (nSPS) is 14.9. The molecule has 8 nitrogen and oxygen atoms in total. The monoisotopic (exact) mass is 249 g/mol. The number of likely N-dealkylation sites (N-methyl/N-ethyl adjacent to an activating group) is 1. The molecule has 0 aliphatic rings. The summed E-state index contributed by atoms with van der Waals surface area (Å²) in [7, 11) is -7.99. The highest BCUT2D eigenvalue weighted by Crippen LogP contribution is 2.67. The van der Waals surface area contributed by atoms with Crippen LogP contribution in [0, 0.1) is 0 Å². The predicted octanol–water partition coefficient (Wildman–Crippen LogP) is -1.45. The van der Waals surface area contributed by atoms with E-state index in [1.165, 1.54) is 14.1 Å². The molecule has 0 saturated carbocycles. The van der Waals surface area contributed by atoms with Gasteiger partial charge in [-0.25, -0.2) is 0 Å². The number of nitrogens with zero attached hydrogens (tertiary/aromatic N) is 1. The van der Waals surface area contributed by atoms with E-state index >= 15 is 0 Å². The van der Waals surface area contributed by atoms with Crippen molar-refractivity contribution in [2.75, 3.05) is 20.6 Å². The summed E-state index contributed by atoms with van der Waals surface area (Å²) in [6, 6.07) is 0. The Labute approximate surface area is 80.5 Å². The van der Waals surface area contributed by atoms with Crippen LogP contribution < -0.4 is 0 Å². The molecule has 0 aliphatic carbocycles. The van der Waals surface area contributed by atoms with Gasteiger partial charge >= 0.3 is 15.2 Å². The van der Waals surface area contributed by atoms with Crippen LogP contribution in [0.3, 0.4) is 0 Å². The van der Waals surface area contributed by atoms with Gasteiger partial charge in [0.15, 0.2) is 0 Å². The molecule has 0 aromatic rings. The van der Waals surface area contributed by atoms with E-state index in [4.69, 9.17) is 19.6 Å². The second kappa shape index (κ2) is 4.00. The Kier molecular flexibility index (Phi) is 4.06. The first-order valence-corrected chi connectivity index (χ1v) is 6.62. The number of hydrogen-bond donors (Lipinski definition) is 5. The van der Waals surface area contributed by atoms with Gasteiger partial charge in [0, 0.05) is 0 Å². The molecule has 0 aromatic carbocycles. The summed E-state index contributed by atoms with van der Waals surface area (Å²) in [6.07, 6.45) is 0. The van der Waals surface area contributed by atoms with Crippen molar-refractivity contribution in [3.8, 4) is 0 Å². The molecule has 0 bridgehead atoms. The highest BCUT2D eigenvalue weighted by atomic mass is 31.2. The highest BCUT2D eigenvalue weighted by molar-refractivity contribution is 7.72. The van der Waals surface area contributed by atoms with Crippen LogP contribution in [-0.2, 0) is 9.13 Å². The van der Waals surface area contributed by atoms with E-state index < -0.39 is 26.8 Å². The third kappa shape index (κ3) is 2.85. The van der Waals surface area contributed by atoms with E-state index in [9.17, 15) is 14.2 Å². The quantitative estimate of drug-likeness (QED) is 0.381. The van der Waals surface area contributed by atoms with Crippen LogP contribution in [0.1, 0.15) is 0 Å². The molecular formula is C4H13NO7P2. The molecule has 0 aromatic heterocycles. The molecule has 0 saturated heterocycles. The van der Waals surface area contributed by atoms with Crippen LogP contribution in [-0.4, -0.2) is 55.3 Å². The number of hydrogen-bond acceptors (Lipinski definition) is 4. The lowest BCUT2D eigenvalue weighted by atomic mass is 10.6. The van der Waals surface area contributed by atoms with Crippen molar-refractivity contribution in [3.63, 3.8) is 0 Å². The zero-order valence-corrected chi connectivity index (χ0v) is 9.39. The number of aliphatic hydroxyl groups is 1. The molecule has 0 unspecified atom stereocenters. The van der Waals surface area contributed by atoms with Gasteiger partial charge in [0.2, 0.25) is 0 Å². The molecule has 86 valence electrons. The first kappa shape index (κ1) is 14.2. The first-order valence-electron chi connectivity index (χ1n) is 3.40. The molecule has 0 amide bonds. The van der Waals surface area contributed by atoms with Crippen molar-refractivity contribution < 1.29 is 33.8 Å². The average Bonchev–Trinajstić information content (AvgIpc) is 1.79. The van der Waals surface area contributed by atoms with Gasteiger partial charge in [0.25, 0.3) is 5.08 Å². The molecule has 10 heteroatoms. The average molecular weight is 249 g/mol. The fourth-order valence-corrected chi connectivity index (χ4v) is 3.07. The molecule has 0 aliphatic heterocycles. The van der Waals surface area contributed by atoms with E-state index in [1.54, 1.807) is 0 Å². The maximum atomic E-state index is 10.8. The molecule has 0 atom stereocenters. The molecule has 5 N–H and O–H groups in total. The van der Waals surface area contributed by atoms with Crippen LogP contribution in [0.2, 0.25) is 0 Å². The summed E-state index contributed by atoms with van der Waals surface area (Å²) in [5.74, 6) is 0. The Bertz CT molecular complexity index is 268. The third-order valence-electron chi connectivity index (χ3n) is 1.46. The minimum Gasteiger partial charge on any atom is -0.367 e. The third-order valence-corrected chi connectivity index (χ3v) is 5.17. The SMILES string of the molecule is CN(C)CC(O)(P(=O)(O)O)P(=O)(O)O. The predicted molar refractivity (Wildman–Crippen MR) is 47.6 cm³/mol. The lowest BCUT2D eigenvalue weighted by Gasteiger charge is -2.31. The van der Waals surface area contributed by atoms with Crippen LogP contribution in [0.25, 0.3) is 0 Å². The minimum atomic E-state index is -5.31. The molecule has 0 heterocycles. The van der Waals surface area contributed by atoms with E-state index in [2.05, 4.69) is 0 Å². The highest BCUT2D eigenvalue weighted by Gasteiger charge is 2.59. The molecule has 0 fully saturated rings. The zero-order valence-electron chi connectivity index (χ0n) is 7.60. The molecule has 0 spiro atoms. The summed E-state index contributed by atoms with van der Waals surface area (Å²) in [6.45, 7) is -0.832. The smallest absolute Gasteiger partial charge is 0.367 e. The van der Waals surface area contributed by atoms with Gasteiger partial charge in [0.1, 0.15) is 0 Å². The van der Waals surface area contributed by atoms with Gasteiger partial charge in [-0.05, 0) is 14.1 Å². The van der Waals surface area contributed by atoms with Gasteiger partial charge in [-0.3, -0.25) is 9.13 Å². The van der Waals surface area contributed by atoms with Crippen molar-refractivity contribution in [2.24, 2.45) is 0 Å². The van der Waals surface area contributed by atoms with E-state index in [0.717, 1.165) is 4.90 Å². The first-order chi connectivity index (χ1) is 5.92. The minimum absolute atomic E-state index is 0.832. The maximum Gasteiger partial charge on any atom is 0.370 e. The van der Waals surface area contributed by atoms with Crippen LogP contribution >= 0.6 is 15.2 Å². The van der Waals surface area contributed by atoms with Gasteiger partial charge in [-0.1, -0.05) is 0 Å². The standard InChI is InChI=1S/C4H13NO7P2/c1-5(2)3-4(6,13(7,8)9)14(10,11)12/h6H,3H2,1-2H3,(H2,7,8,9)(H2,10,11,12). The Morgan fingerprint density at radius 3 is 1.43 bits per heavy atom.